The highest BCUT2D eigenvalue weighted by Crippen LogP contribution is 2.59. The normalized spacial score (nSPS) is 33.6. The first-order valence-electron chi connectivity index (χ1n) is 9.04. The van der Waals surface area contributed by atoms with Gasteiger partial charge in [0, 0.05) is 12.7 Å². The van der Waals surface area contributed by atoms with Crippen molar-refractivity contribution in [3.63, 3.8) is 0 Å². The number of aliphatic carboxylic acids is 1. The van der Waals surface area contributed by atoms with Crippen LogP contribution in [-0.2, 0) is 11.3 Å². The van der Waals surface area contributed by atoms with Crippen LogP contribution in [0.3, 0.4) is 0 Å². The second-order valence-corrected chi connectivity index (χ2v) is 8.24. The lowest BCUT2D eigenvalue weighted by Gasteiger charge is -2.56. The highest BCUT2D eigenvalue weighted by molar-refractivity contribution is 5.93. The van der Waals surface area contributed by atoms with Gasteiger partial charge in [-0.1, -0.05) is 0 Å². The molecular weight excluding hydrogens is 306 g/mol. The van der Waals surface area contributed by atoms with E-state index in [-0.39, 0.29) is 18.9 Å². The smallest absolute Gasteiger partial charge is 0.305 e. The van der Waals surface area contributed by atoms with Crippen molar-refractivity contribution >= 4 is 11.9 Å². The zero-order valence-electron chi connectivity index (χ0n) is 13.9. The molecule has 1 aromatic heterocycles. The Morgan fingerprint density at radius 3 is 2.42 bits per heavy atom. The van der Waals surface area contributed by atoms with Gasteiger partial charge < -0.3 is 10.4 Å². The van der Waals surface area contributed by atoms with Crippen LogP contribution in [0.4, 0.5) is 0 Å². The van der Waals surface area contributed by atoms with Crippen LogP contribution in [0.1, 0.15) is 55.3 Å². The number of rotatable bonds is 6. The summed E-state index contributed by atoms with van der Waals surface area (Å²) in [6, 6.07) is 0. The first kappa shape index (κ1) is 15.7. The molecule has 0 aromatic carbocycles. The number of nitrogens with one attached hydrogen (secondary N) is 1. The second-order valence-electron chi connectivity index (χ2n) is 8.24. The van der Waals surface area contributed by atoms with E-state index in [1.54, 1.807) is 6.20 Å². The summed E-state index contributed by atoms with van der Waals surface area (Å²) < 4.78 is 1.52. The van der Waals surface area contributed by atoms with Gasteiger partial charge in [0.1, 0.15) is 0 Å². The zero-order valence-corrected chi connectivity index (χ0v) is 13.9. The van der Waals surface area contributed by atoms with Gasteiger partial charge in [0.2, 0.25) is 0 Å². The average molecular weight is 331 g/mol. The third kappa shape index (κ3) is 3.06. The Bertz CT molecular complexity index is 616. The van der Waals surface area contributed by atoms with E-state index in [0.717, 1.165) is 24.3 Å². The summed E-state index contributed by atoms with van der Waals surface area (Å²) >= 11 is 0. The molecule has 4 fully saturated rings. The lowest BCUT2D eigenvalue weighted by Crippen LogP contribution is -2.51. The minimum atomic E-state index is -0.863. The number of aromatic nitrogens is 2. The molecule has 0 aliphatic heterocycles. The molecule has 0 radical (unpaired) electrons. The molecule has 0 spiro atoms. The maximum Gasteiger partial charge on any atom is 0.305 e. The molecule has 5 rings (SSSR count). The number of amides is 1. The fourth-order valence-electron chi connectivity index (χ4n) is 5.69. The SMILES string of the molecule is O=C(O)CCn1cc(C(=O)NCC23CC4CC(CC(C4)C2)C3)cn1. The van der Waals surface area contributed by atoms with Crippen LogP contribution in [0, 0.1) is 23.2 Å². The fourth-order valence-corrected chi connectivity index (χ4v) is 5.69. The summed E-state index contributed by atoms with van der Waals surface area (Å²) in [5, 5.41) is 15.9. The van der Waals surface area contributed by atoms with Crippen molar-refractivity contribution in [1.82, 2.24) is 15.1 Å². The van der Waals surface area contributed by atoms with Crippen LogP contribution in [0.5, 0.6) is 0 Å². The minimum absolute atomic E-state index is 0.00994. The van der Waals surface area contributed by atoms with Gasteiger partial charge in [-0.25, -0.2) is 0 Å². The molecule has 4 saturated carbocycles. The number of carbonyl (C=O) groups is 2. The number of hydrogen-bond acceptors (Lipinski definition) is 3. The Kier molecular flexibility index (Phi) is 3.85. The fraction of sp³-hybridized carbons (Fsp3) is 0.722. The van der Waals surface area contributed by atoms with E-state index < -0.39 is 5.97 Å². The molecule has 4 bridgehead atoms. The maximum atomic E-state index is 12.4. The van der Waals surface area contributed by atoms with Gasteiger partial charge in [0.25, 0.3) is 5.91 Å². The molecule has 1 heterocycles. The van der Waals surface area contributed by atoms with Gasteiger partial charge in [-0.15, -0.1) is 0 Å². The predicted octanol–water partition coefficient (Wildman–Crippen LogP) is 2.30. The van der Waals surface area contributed by atoms with E-state index in [0.29, 0.717) is 11.0 Å². The first-order valence-corrected chi connectivity index (χ1v) is 9.04. The molecule has 130 valence electrons. The van der Waals surface area contributed by atoms with Crippen molar-refractivity contribution in [2.75, 3.05) is 6.54 Å². The van der Waals surface area contributed by atoms with Crippen molar-refractivity contribution in [1.29, 1.82) is 0 Å². The van der Waals surface area contributed by atoms with Crippen molar-refractivity contribution in [2.45, 2.75) is 51.5 Å². The Hall–Kier alpha value is -1.85. The molecule has 24 heavy (non-hydrogen) atoms. The molecule has 2 N–H and O–H groups in total. The summed E-state index contributed by atoms with van der Waals surface area (Å²) in [7, 11) is 0. The molecular formula is C18H25N3O3. The highest BCUT2D eigenvalue weighted by Gasteiger charge is 2.50. The lowest BCUT2D eigenvalue weighted by atomic mass is 9.49. The van der Waals surface area contributed by atoms with Crippen LogP contribution in [0.15, 0.2) is 12.4 Å². The second kappa shape index (κ2) is 5.90. The van der Waals surface area contributed by atoms with Gasteiger partial charge in [0.15, 0.2) is 0 Å². The molecule has 4 aliphatic rings. The Morgan fingerprint density at radius 2 is 1.83 bits per heavy atom. The van der Waals surface area contributed by atoms with Gasteiger partial charge in [-0.2, -0.15) is 5.10 Å². The van der Waals surface area contributed by atoms with Gasteiger partial charge in [0.05, 0.1) is 24.7 Å². The van der Waals surface area contributed by atoms with E-state index in [1.807, 2.05) is 0 Å². The number of hydrogen-bond donors (Lipinski definition) is 2. The molecule has 6 heteroatoms. The number of carboxylic acids is 1. The maximum absolute atomic E-state index is 12.4. The topological polar surface area (TPSA) is 84.2 Å². The molecule has 1 amide bonds. The summed E-state index contributed by atoms with van der Waals surface area (Å²) in [4.78, 5) is 23.0. The standard InChI is InChI=1S/C18H25N3O3/c22-16(23)1-2-21-10-15(9-20-21)17(24)19-11-18-6-12-3-13(7-18)5-14(4-12)8-18/h9-10,12-14H,1-8,11H2,(H,19,24)(H,22,23). The Morgan fingerprint density at radius 1 is 1.21 bits per heavy atom. The van der Waals surface area contributed by atoms with Gasteiger partial charge in [-0.3, -0.25) is 14.3 Å². The van der Waals surface area contributed by atoms with E-state index in [4.69, 9.17) is 5.11 Å². The first-order chi connectivity index (χ1) is 11.5. The summed E-state index contributed by atoms with van der Waals surface area (Å²) in [5.74, 6) is 1.69. The van der Waals surface area contributed by atoms with Crippen molar-refractivity contribution in [3.05, 3.63) is 18.0 Å². The molecule has 0 saturated heterocycles. The van der Waals surface area contributed by atoms with E-state index in [1.165, 1.54) is 49.4 Å². The number of aryl methyl sites for hydroxylation is 1. The average Bonchev–Trinajstić information content (AvgIpc) is 2.98. The molecule has 0 unspecified atom stereocenters. The van der Waals surface area contributed by atoms with Gasteiger partial charge in [-0.05, 0) is 61.7 Å². The third-order valence-electron chi connectivity index (χ3n) is 6.24. The Labute approximate surface area is 141 Å². The zero-order chi connectivity index (χ0) is 16.7. The molecule has 4 aliphatic carbocycles. The lowest BCUT2D eigenvalue weighted by molar-refractivity contribution is -0.137. The van der Waals surface area contributed by atoms with Crippen LogP contribution in [0.25, 0.3) is 0 Å². The van der Waals surface area contributed by atoms with Crippen molar-refractivity contribution in [3.8, 4) is 0 Å². The number of nitrogens with zero attached hydrogens (tertiary/aromatic N) is 2. The quantitative estimate of drug-likeness (QED) is 0.838. The third-order valence-corrected chi connectivity index (χ3v) is 6.24. The summed E-state index contributed by atoms with van der Waals surface area (Å²) in [6.07, 6.45) is 11.2. The monoisotopic (exact) mass is 331 g/mol. The van der Waals surface area contributed by atoms with Crippen LogP contribution in [0.2, 0.25) is 0 Å². The molecule has 1 aromatic rings. The predicted molar refractivity (Wildman–Crippen MR) is 87.4 cm³/mol. The van der Waals surface area contributed by atoms with E-state index >= 15 is 0 Å². The Balaban J connectivity index is 1.34. The van der Waals surface area contributed by atoms with E-state index in [2.05, 4.69) is 10.4 Å². The molecule has 0 atom stereocenters. The van der Waals surface area contributed by atoms with Gasteiger partial charge >= 0.3 is 5.97 Å². The van der Waals surface area contributed by atoms with Crippen LogP contribution >= 0.6 is 0 Å². The minimum Gasteiger partial charge on any atom is -0.481 e. The summed E-state index contributed by atoms with van der Waals surface area (Å²) in [5.41, 5.74) is 0.842. The number of carboxylic acid groups (broad SMARTS) is 1. The molecule has 6 nitrogen and oxygen atoms in total. The summed E-state index contributed by atoms with van der Waals surface area (Å²) in [6.45, 7) is 1.06. The van der Waals surface area contributed by atoms with Crippen LogP contribution in [-0.4, -0.2) is 33.3 Å². The largest absolute Gasteiger partial charge is 0.481 e. The van der Waals surface area contributed by atoms with Crippen LogP contribution < -0.4 is 5.32 Å². The number of carbonyl (C=O) groups excluding carboxylic acids is 1. The highest BCUT2D eigenvalue weighted by atomic mass is 16.4. The van der Waals surface area contributed by atoms with Crippen molar-refractivity contribution in [2.24, 2.45) is 23.2 Å². The van der Waals surface area contributed by atoms with E-state index in [9.17, 15) is 9.59 Å². The van der Waals surface area contributed by atoms with Crippen molar-refractivity contribution < 1.29 is 14.7 Å².